The number of allylic oxidation sites excluding steroid dienone is 1. The van der Waals surface area contributed by atoms with Gasteiger partial charge in [-0.1, -0.05) is 60.7 Å². The van der Waals surface area contributed by atoms with Crippen LogP contribution in [-0.2, 0) is 4.74 Å². The highest BCUT2D eigenvalue weighted by Crippen LogP contribution is 2.23. The van der Waals surface area contributed by atoms with E-state index >= 15 is 0 Å². The molecule has 0 atom stereocenters. The van der Waals surface area contributed by atoms with Crippen LogP contribution < -0.4 is 0 Å². The van der Waals surface area contributed by atoms with Crippen LogP contribution >= 0.6 is 0 Å². The number of azo groups is 1. The smallest absolute Gasteiger partial charge is 0.338 e. The molecule has 3 aromatic carbocycles. The van der Waals surface area contributed by atoms with Gasteiger partial charge in [0.15, 0.2) is 11.5 Å². The molecule has 150 valence electrons. The van der Waals surface area contributed by atoms with Gasteiger partial charge >= 0.3 is 5.97 Å². The lowest BCUT2D eigenvalue weighted by atomic mass is 10.1. The summed E-state index contributed by atoms with van der Waals surface area (Å²) in [6.45, 7) is 2.02. The van der Waals surface area contributed by atoms with Crippen LogP contribution in [0.4, 0.5) is 5.69 Å². The van der Waals surface area contributed by atoms with Crippen molar-refractivity contribution < 1.29 is 19.4 Å². The second kappa shape index (κ2) is 9.93. The molecule has 6 nitrogen and oxygen atoms in total. The number of Topliss-reactive ketones (excluding diaryl/α,β-unsaturated/α-hetero) is 1. The Kier molecular flexibility index (Phi) is 6.84. The van der Waals surface area contributed by atoms with E-state index in [9.17, 15) is 14.7 Å². The number of carbonyl (C=O) groups is 2. The van der Waals surface area contributed by atoms with Gasteiger partial charge in [0.2, 0.25) is 5.78 Å². The molecule has 6 heteroatoms. The maximum absolute atomic E-state index is 13.0. The number of rotatable bonds is 7. The zero-order valence-corrected chi connectivity index (χ0v) is 16.4. The quantitative estimate of drug-likeness (QED) is 0.180. The van der Waals surface area contributed by atoms with E-state index in [4.69, 9.17) is 4.74 Å². The number of aliphatic hydroxyl groups excluding tert-OH is 1. The fourth-order valence-corrected chi connectivity index (χ4v) is 2.65. The molecule has 0 radical (unpaired) electrons. The minimum Gasteiger partial charge on any atom is -0.505 e. The van der Waals surface area contributed by atoms with Gasteiger partial charge in [-0.3, -0.25) is 4.79 Å². The van der Waals surface area contributed by atoms with E-state index in [1.54, 1.807) is 85.8 Å². The molecule has 0 aliphatic rings. The normalized spacial score (nSPS) is 11.8. The van der Waals surface area contributed by atoms with Crippen molar-refractivity contribution in [3.05, 3.63) is 107 Å². The van der Waals surface area contributed by atoms with E-state index in [0.29, 0.717) is 22.4 Å². The lowest BCUT2D eigenvalue weighted by Gasteiger charge is -2.06. The highest BCUT2D eigenvalue weighted by molar-refractivity contribution is 6.12. The summed E-state index contributed by atoms with van der Waals surface area (Å²) in [4.78, 5) is 24.7. The number of benzene rings is 3. The Morgan fingerprint density at radius 3 is 1.93 bits per heavy atom. The van der Waals surface area contributed by atoms with Gasteiger partial charge in [-0.2, -0.15) is 5.11 Å². The molecule has 0 aliphatic heterocycles. The molecule has 3 rings (SSSR count). The van der Waals surface area contributed by atoms with Crippen LogP contribution in [0.2, 0.25) is 0 Å². The van der Waals surface area contributed by atoms with Crippen LogP contribution in [0.15, 0.2) is 101 Å². The van der Waals surface area contributed by atoms with Gasteiger partial charge in [0.05, 0.1) is 17.9 Å². The van der Waals surface area contributed by atoms with E-state index in [0.717, 1.165) is 0 Å². The number of hydrogen-bond donors (Lipinski definition) is 1. The molecule has 0 aliphatic carbocycles. The first kappa shape index (κ1) is 20.7. The Morgan fingerprint density at radius 1 is 0.800 bits per heavy atom. The summed E-state index contributed by atoms with van der Waals surface area (Å²) in [5, 5.41) is 18.8. The topological polar surface area (TPSA) is 88.3 Å². The summed E-state index contributed by atoms with van der Waals surface area (Å²) in [5.74, 6) is -1.15. The Labute approximate surface area is 174 Å². The Balaban J connectivity index is 1.95. The van der Waals surface area contributed by atoms with E-state index in [-0.39, 0.29) is 18.1 Å². The van der Waals surface area contributed by atoms with Gasteiger partial charge in [-0.25, -0.2) is 4.79 Å². The number of nitrogens with zero attached hydrogens (tertiary/aromatic N) is 2. The molecule has 30 heavy (non-hydrogen) atoms. The minimum absolute atomic E-state index is 0.179. The number of carbonyl (C=O) groups excluding carboxylic acids is 2. The number of ether oxygens (including phenoxy) is 1. The van der Waals surface area contributed by atoms with Crippen molar-refractivity contribution in [3.8, 4) is 0 Å². The maximum Gasteiger partial charge on any atom is 0.338 e. The lowest BCUT2D eigenvalue weighted by Crippen LogP contribution is -2.04. The van der Waals surface area contributed by atoms with Gasteiger partial charge in [0, 0.05) is 11.1 Å². The fraction of sp³-hybridized carbons (Fsp3) is 0.0833. The van der Waals surface area contributed by atoms with Crippen molar-refractivity contribution in [3.63, 3.8) is 0 Å². The molecule has 0 saturated heterocycles. The number of aliphatic hydroxyl groups is 1. The summed E-state index contributed by atoms with van der Waals surface area (Å²) < 4.78 is 4.95. The second-order valence-electron chi connectivity index (χ2n) is 6.23. The van der Waals surface area contributed by atoms with Gasteiger partial charge in [-0.05, 0) is 31.2 Å². The Bertz CT molecular complexity index is 1070. The number of esters is 1. The van der Waals surface area contributed by atoms with Gasteiger partial charge in [0.25, 0.3) is 0 Å². The predicted molar refractivity (Wildman–Crippen MR) is 114 cm³/mol. The molecule has 1 N–H and O–H groups in total. The standard InChI is InChI=1S/C24H20N2O4/c1-2-30-24(29)19-13-15-20(16-14-19)25-26-21(22(27)17-9-5-3-6-10-17)23(28)18-11-7-4-8-12-18/h3-16,27H,2H2,1H3. The summed E-state index contributed by atoms with van der Waals surface area (Å²) >= 11 is 0. The van der Waals surface area contributed by atoms with Crippen molar-refractivity contribution in [1.82, 2.24) is 0 Å². The van der Waals surface area contributed by atoms with E-state index in [1.165, 1.54) is 0 Å². The first-order valence-corrected chi connectivity index (χ1v) is 9.37. The summed E-state index contributed by atoms with van der Waals surface area (Å²) in [7, 11) is 0. The van der Waals surface area contributed by atoms with Crippen molar-refractivity contribution in [2.75, 3.05) is 6.61 Å². The molecule has 0 amide bonds. The first-order valence-electron chi connectivity index (χ1n) is 9.37. The van der Waals surface area contributed by atoms with Crippen molar-refractivity contribution >= 4 is 23.2 Å². The van der Waals surface area contributed by atoms with Crippen LogP contribution in [0, 0.1) is 0 Å². The molecular weight excluding hydrogens is 380 g/mol. The predicted octanol–water partition coefficient (Wildman–Crippen LogP) is 5.76. The third-order valence-electron chi connectivity index (χ3n) is 4.17. The van der Waals surface area contributed by atoms with Crippen molar-refractivity contribution in [2.24, 2.45) is 10.2 Å². The maximum atomic E-state index is 13.0. The first-order chi connectivity index (χ1) is 14.6. The third-order valence-corrected chi connectivity index (χ3v) is 4.17. The highest BCUT2D eigenvalue weighted by Gasteiger charge is 2.18. The van der Waals surface area contributed by atoms with Gasteiger partial charge in [-0.15, -0.1) is 5.11 Å². The molecule has 0 unspecified atom stereocenters. The zero-order chi connectivity index (χ0) is 21.3. The molecule has 0 bridgehead atoms. The average molecular weight is 400 g/mol. The summed E-state index contributed by atoms with van der Waals surface area (Å²) in [5.41, 5.74) is 1.46. The monoisotopic (exact) mass is 400 g/mol. The van der Waals surface area contributed by atoms with Crippen LogP contribution in [0.1, 0.15) is 33.2 Å². The lowest BCUT2D eigenvalue weighted by molar-refractivity contribution is 0.0526. The largest absolute Gasteiger partial charge is 0.505 e. The van der Waals surface area contributed by atoms with E-state index < -0.39 is 11.8 Å². The molecular formula is C24H20N2O4. The molecule has 0 heterocycles. The highest BCUT2D eigenvalue weighted by atomic mass is 16.5. The second-order valence-corrected chi connectivity index (χ2v) is 6.23. The zero-order valence-electron chi connectivity index (χ0n) is 16.4. The molecule has 0 aromatic heterocycles. The van der Waals surface area contributed by atoms with Crippen LogP contribution in [0.3, 0.4) is 0 Å². The SMILES string of the molecule is CCOC(=O)c1ccc(N=NC(C(=O)c2ccccc2)=C(O)c2ccccc2)cc1. The van der Waals surface area contributed by atoms with Gasteiger partial charge in [0.1, 0.15) is 0 Å². The van der Waals surface area contributed by atoms with E-state index in [1.807, 2.05) is 6.07 Å². The van der Waals surface area contributed by atoms with Crippen LogP contribution in [0.5, 0.6) is 0 Å². The van der Waals surface area contributed by atoms with Crippen molar-refractivity contribution in [1.29, 1.82) is 0 Å². The summed E-state index contributed by atoms with van der Waals surface area (Å²) in [6.07, 6.45) is 0. The molecule has 3 aromatic rings. The third kappa shape index (κ3) is 5.05. The number of hydrogen-bond acceptors (Lipinski definition) is 6. The Morgan fingerprint density at radius 2 is 1.37 bits per heavy atom. The summed E-state index contributed by atoms with van der Waals surface area (Å²) in [6, 6.07) is 23.5. The fourth-order valence-electron chi connectivity index (χ4n) is 2.65. The van der Waals surface area contributed by atoms with Crippen LogP contribution in [0.25, 0.3) is 5.76 Å². The van der Waals surface area contributed by atoms with E-state index in [2.05, 4.69) is 10.2 Å². The van der Waals surface area contributed by atoms with Crippen molar-refractivity contribution in [2.45, 2.75) is 6.92 Å². The van der Waals surface area contributed by atoms with Crippen LogP contribution in [-0.4, -0.2) is 23.5 Å². The molecule has 0 spiro atoms. The average Bonchev–Trinajstić information content (AvgIpc) is 2.80. The molecule has 0 saturated carbocycles. The number of ketones is 1. The minimum atomic E-state index is -0.455. The van der Waals surface area contributed by atoms with Gasteiger partial charge < -0.3 is 9.84 Å². The molecule has 0 fully saturated rings. The Hall–Kier alpha value is -4.06.